The first-order valence-corrected chi connectivity index (χ1v) is 8.13. The van der Waals surface area contributed by atoms with Gasteiger partial charge in [0.2, 0.25) is 0 Å². The highest BCUT2D eigenvalue weighted by Gasteiger charge is 2.62. The maximum absolute atomic E-state index is 12.6. The van der Waals surface area contributed by atoms with E-state index < -0.39 is 0 Å². The van der Waals surface area contributed by atoms with Crippen LogP contribution in [-0.2, 0) is 19.7 Å². The molecular weight excluding hydrogens is 292 g/mol. The first-order chi connectivity index (χ1) is 11.2. The zero-order valence-corrected chi connectivity index (χ0v) is 13.0. The minimum Gasteiger partial charge on any atom is -0.466 e. The molecule has 3 heterocycles. The highest BCUT2D eigenvalue weighted by atomic mass is 16.5. The SMILES string of the molecule is COC(=O)C1=C2Nc3ccccc3[C@@]23CCN2CC(=O)[C@@H]1C[C@H]23. The van der Waals surface area contributed by atoms with Gasteiger partial charge in [-0.25, -0.2) is 4.79 Å². The molecule has 1 N–H and O–H groups in total. The van der Waals surface area contributed by atoms with Crippen molar-refractivity contribution in [2.24, 2.45) is 5.92 Å². The van der Waals surface area contributed by atoms with Gasteiger partial charge in [0.05, 0.1) is 30.6 Å². The molecule has 3 aliphatic heterocycles. The number of nitrogens with one attached hydrogen (secondary N) is 1. The summed E-state index contributed by atoms with van der Waals surface area (Å²) in [5, 5.41) is 3.47. The van der Waals surface area contributed by atoms with E-state index in [9.17, 15) is 9.59 Å². The summed E-state index contributed by atoms with van der Waals surface area (Å²) in [6, 6.07) is 8.56. The summed E-state index contributed by atoms with van der Waals surface area (Å²) in [6.07, 6.45) is 1.67. The minimum absolute atomic E-state index is 0.141. The second-order valence-electron chi connectivity index (χ2n) is 6.91. The molecule has 0 amide bonds. The summed E-state index contributed by atoms with van der Waals surface area (Å²) in [7, 11) is 1.39. The van der Waals surface area contributed by atoms with Crippen LogP contribution in [0.4, 0.5) is 5.69 Å². The molecule has 5 nitrogen and oxygen atoms in total. The molecule has 1 aromatic carbocycles. The van der Waals surface area contributed by atoms with Gasteiger partial charge in [-0.05, 0) is 24.5 Å². The first-order valence-electron chi connectivity index (χ1n) is 8.13. The molecule has 118 valence electrons. The van der Waals surface area contributed by atoms with Crippen molar-refractivity contribution in [3.63, 3.8) is 0 Å². The van der Waals surface area contributed by atoms with Crippen molar-refractivity contribution < 1.29 is 14.3 Å². The van der Waals surface area contributed by atoms with Crippen LogP contribution in [0.5, 0.6) is 0 Å². The number of benzene rings is 1. The molecule has 23 heavy (non-hydrogen) atoms. The Hall–Kier alpha value is -2.14. The number of carbonyl (C=O) groups is 2. The van der Waals surface area contributed by atoms with Crippen molar-refractivity contribution in [3.05, 3.63) is 41.1 Å². The highest BCUT2D eigenvalue weighted by molar-refractivity contribution is 6.02. The van der Waals surface area contributed by atoms with Crippen LogP contribution in [0.15, 0.2) is 35.5 Å². The Bertz CT molecular complexity index is 784. The lowest BCUT2D eigenvalue weighted by atomic mass is 9.62. The van der Waals surface area contributed by atoms with Crippen molar-refractivity contribution in [1.82, 2.24) is 4.90 Å². The van der Waals surface area contributed by atoms with Gasteiger partial charge in [0, 0.05) is 24.0 Å². The molecule has 1 spiro atoms. The van der Waals surface area contributed by atoms with Gasteiger partial charge in [-0.3, -0.25) is 9.69 Å². The molecule has 1 aromatic rings. The van der Waals surface area contributed by atoms with Gasteiger partial charge in [-0.1, -0.05) is 18.2 Å². The zero-order valence-electron chi connectivity index (χ0n) is 13.0. The monoisotopic (exact) mass is 310 g/mol. The molecule has 2 saturated heterocycles. The van der Waals surface area contributed by atoms with Crippen LogP contribution in [0.25, 0.3) is 0 Å². The molecule has 5 rings (SSSR count). The molecule has 0 aromatic heterocycles. The maximum Gasteiger partial charge on any atom is 0.336 e. The number of nitrogens with zero attached hydrogens (tertiary/aromatic N) is 1. The lowest BCUT2D eigenvalue weighted by molar-refractivity contribution is -0.140. The molecule has 3 atom stereocenters. The van der Waals surface area contributed by atoms with Crippen molar-refractivity contribution in [3.8, 4) is 0 Å². The number of fused-ring (bicyclic) bond motifs is 2. The number of anilines is 1. The van der Waals surface area contributed by atoms with Gasteiger partial charge in [-0.2, -0.15) is 0 Å². The van der Waals surface area contributed by atoms with E-state index in [4.69, 9.17) is 4.74 Å². The summed E-state index contributed by atoms with van der Waals surface area (Å²) in [5.41, 5.74) is 3.62. The average molecular weight is 310 g/mol. The van der Waals surface area contributed by atoms with E-state index in [0.29, 0.717) is 18.2 Å². The number of methoxy groups -OCH3 is 1. The fourth-order valence-corrected chi connectivity index (χ4v) is 5.24. The van der Waals surface area contributed by atoms with Crippen molar-refractivity contribution in [2.75, 3.05) is 25.5 Å². The smallest absolute Gasteiger partial charge is 0.336 e. The summed E-state index contributed by atoms with van der Waals surface area (Å²) in [4.78, 5) is 27.4. The number of carbonyl (C=O) groups excluding carboxylic acids is 2. The van der Waals surface area contributed by atoms with Crippen LogP contribution >= 0.6 is 0 Å². The summed E-state index contributed by atoms with van der Waals surface area (Å²) >= 11 is 0. The van der Waals surface area contributed by atoms with Crippen LogP contribution in [0.1, 0.15) is 18.4 Å². The van der Waals surface area contributed by atoms with Crippen molar-refractivity contribution in [1.29, 1.82) is 0 Å². The lowest BCUT2D eigenvalue weighted by Crippen LogP contribution is -2.56. The van der Waals surface area contributed by atoms with E-state index in [1.807, 2.05) is 6.07 Å². The van der Waals surface area contributed by atoms with E-state index in [-0.39, 0.29) is 23.1 Å². The molecule has 2 bridgehead atoms. The molecule has 1 aliphatic carbocycles. The van der Waals surface area contributed by atoms with E-state index in [0.717, 1.165) is 30.8 Å². The number of piperidine rings is 1. The van der Waals surface area contributed by atoms with Crippen molar-refractivity contribution in [2.45, 2.75) is 24.3 Å². The van der Waals surface area contributed by atoms with Crippen LogP contribution in [-0.4, -0.2) is 42.9 Å². The average Bonchev–Trinajstić information content (AvgIpc) is 3.11. The van der Waals surface area contributed by atoms with Gasteiger partial charge < -0.3 is 10.1 Å². The Kier molecular flexibility index (Phi) is 2.45. The second-order valence-corrected chi connectivity index (χ2v) is 6.91. The zero-order chi connectivity index (χ0) is 15.8. The maximum atomic E-state index is 12.6. The number of ketones is 1. The molecule has 4 aliphatic rings. The number of hydrogen-bond acceptors (Lipinski definition) is 5. The van der Waals surface area contributed by atoms with Gasteiger partial charge in [0.25, 0.3) is 0 Å². The fraction of sp³-hybridized carbons (Fsp3) is 0.444. The second kappa shape index (κ2) is 4.23. The summed E-state index contributed by atoms with van der Waals surface area (Å²) in [6.45, 7) is 1.35. The van der Waals surface area contributed by atoms with E-state index >= 15 is 0 Å². The molecular formula is C18H18N2O3. The molecule has 0 radical (unpaired) electrons. The van der Waals surface area contributed by atoms with Crippen LogP contribution < -0.4 is 5.32 Å². The third-order valence-electron chi connectivity index (χ3n) is 6.15. The topological polar surface area (TPSA) is 58.6 Å². The molecule has 0 unspecified atom stereocenters. The van der Waals surface area contributed by atoms with Crippen LogP contribution in [0.2, 0.25) is 0 Å². The minimum atomic E-state index is -0.364. The van der Waals surface area contributed by atoms with E-state index in [1.54, 1.807) is 0 Å². The third-order valence-corrected chi connectivity index (χ3v) is 6.15. The quantitative estimate of drug-likeness (QED) is 0.796. The number of ether oxygens (including phenoxy) is 1. The number of Topliss-reactive ketones (excluding diaryl/α,β-unsaturated/α-hetero) is 1. The number of hydrogen-bond donors (Lipinski definition) is 1. The first kappa shape index (κ1) is 13.3. The standard InChI is InChI=1S/C18H18N2O3/c1-23-17(22)15-10-8-14-18(6-7-20(14)9-13(10)21)11-4-2-3-5-12(11)19-16(15)18/h2-5,10,14,19H,6-9H2,1H3/t10-,14-,18+/m0/s1. The van der Waals surface area contributed by atoms with E-state index in [2.05, 4.69) is 28.4 Å². The van der Waals surface area contributed by atoms with Crippen molar-refractivity contribution >= 4 is 17.4 Å². The Morgan fingerprint density at radius 1 is 1.39 bits per heavy atom. The third kappa shape index (κ3) is 1.42. The van der Waals surface area contributed by atoms with Gasteiger partial charge in [0.1, 0.15) is 0 Å². The fourth-order valence-electron chi connectivity index (χ4n) is 5.24. The number of esters is 1. The summed E-state index contributed by atoms with van der Waals surface area (Å²) in [5.74, 6) is -0.550. The molecule has 2 fully saturated rings. The van der Waals surface area contributed by atoms with Crippen LogP contribution in [0.3, 0.4) is 0 Å². The largest absolute Gasteiger partial charge is 0.466 e. The number of para-hydroxylation sites is 1. The van der Waals surface area contributed by atoms with E-state index in [1.165, 1.54) is 12.7 Å². The Morgan fingerprint density at radius 3 is 3.04 bits per heavy atom. The predicted octanol–water partition coefficient (Wildman–Crippen LogP) is 1.45. The number of rotatable bonds is 1. The molecule has 5 heteroatoms. The van der Waals surface area contributed by atoms with Gasteiger partial charge >= 0.3 is 5.97 Å². The Labute approximate surface area is 134 Å². The molecule has 0 saturated carbocycles. The lowest BCUT2D eigenvalue weighted by Gasteiger charge is -2.46. The highest BCUT2D eigenvalue weighted by Crippen LogP contribution is 2.59. The normalized spacial score (nSPS) is 34.0. The Morgan fingerprint density at radius 2 is 2.22 bits per heavy atom. The van der Waals surface area contributed by atoms with Gasteiger partial charge in [-0.15, -0.1) is 0 Å². The van der Waals surface area contributed by atoms with Gasteiger partial charge in [0.15, 0.2) is 5.78 Å². The Balaban J connectivity index is 1.83. The van der Waals surface area contributed by atoms with Crippen LogP contribution in [0, 0.1) is 5.92 Å². The predicted molar refractivity (Wildman–Crippen MR) is 83.9 cm³/mol. The summed E-state index contributed by atoms with van der Waals surface area (Å²) < 4.78 is 5.04.